The lowest BCUT2D eigenvalue weighted by Crippen LogP contribution is -2.80. The highest BCUT2D eigenvalue weighted by Crippen LogP contribution is 2.37. The molecule has 1 spiro atoms. The first-order chi connectivity index (χ1) is 13.5. The summed E-state index contributed by atoms with van der Waals surface area (Å²) < 4.78 is 72.1. The van der Waals surface area contributed by atoms with Gasteiger partial charge in [0.1, 0.15) is 5.75 Å². The Kier molecular flexibility index (Phi) is 5.31. The second kappa shape index (κ2) is 7.38. The molecule has 4 rings (SSSR count). The van der Waals surface area contributed by atoms with Gasteiger partial charge in [0, 0.05) is 45.3 Å². The first-order valence-corrected chi connectivity index (χ1v) is 11.3. The van der Waals surface area contributed by atoms with Crippen molar-refractivity contribution < 1.29 is 31.1 Å². The van der Waals surface area contributed by atoms with Crippen LogP contribution in [0, 0.1) is 0 Å². The predicted octanol–water partition coefficient (Wildman–Crippen LogP) is 1.12. The molecule has 3 heterocycles. The lowest BCUT2D eigenvalue weighted by molar-refractivity contribution is -0.274. The average Bonchev–Trinajstić information content (AvgIpc) is 2.60. The highest BCUT2D eigenvalue weighted by atomic mass is 32.2. The van der Waals surface area contributed by atoms with E-state index >= 15 is 0 Å². The molecule has 3 fully saturated rings. The quantitative estimate of drug-likeness (QED) is 0.707. The van der Waals surface area contributed by atoms with Gasteiger partial charge in [-0.25, -0.2) is 8.42 Å². The van der Waals surface area contributed by atoms with E-state index in [1.54, 1.807) is 16.4 Å². The molecule has 3 aliphatic heterocycles. The normalized spacial score (nSPS) is 26.1. The van der Waals surface area contributed by atoms with Crippen LogP contribution < -0.4 is 4.74 Å². The zero-order valence-electron chi connectivity index (χ0n) is 16.1. The Hall–Kier alpha value is -1.40. The minimum atomic E-state index is -4.70. The van der Waals surface area contributed by atoms with E-state index < -0.39 is 16.4 Å². The Labute approximate surface area is 168 Å². The van der Waals surface area contributed by atoms with Crippen LogP contribution in [0.3, 0.4) is 0 Å². The first kappa shape index (κ1) is 20.9. The molecule has 3 saturated heterocycles. The first-order valence-electron chi connectivity index (χ1n) is 9.41. The van der Waals surface area contributed by atoms with Gasteiger partial charge < -0.3 is 9.47 Å². The molecule has 1 atom stereocenters. The van der Waals surface area contributed by atoms with Gasteiger partial charge >= 0.3 is 6.36 Å². The van der Waals surface area contributed by atoms with Gasteiger partial charge in [0.2, 0.25) is 10.0 Å². The van der Waals surface area contributed by atoms with Crippen LogP contribution in [0.25, 0.3) is 0 Å². The van der Waals surface area contributed by atoms with Gasteiger partial charge in [-0.05, 0) is 17.7 Å². The van der Waals surface area contributed by atoms with Crippen LogP contribution in [-0.2, 0) is 21.3 Å². The molecule has 1 unspecified atom stereocenters. The summed E-state index contributed by atoms with van der Waals surface area (Å²) >= 11 is 0. The second-order valence-electron chi connectivity index (χ2n) is 8.04. The number of benzene rings is 1. The number of nitrogens with zero attached hydrogens (tertiary/aromatic N) is 3. The predicted molar refractivity (Wildman–Crippen MR) is 98.9 cm³/mol. The standard InChI is InChI=1S/C18H24F3N3O4S/c1-29(25,26)23-9-15-10-27-7-6-24(15)17(13-23)11-22(12-17)8-14-2-4-16(5-3-14)28-18(19,20)21/h2-5,15H,6-13H2,1H3. The monoisotopic (exact) mass is 435 g/mol. The average molecular weight is 435 g/mol. The summed E-state index contributed by atoms with van der Waals surface area (Å²) in [4.78, 5) is 4.56. The van der Waals surface area contributed by atoms with Gasteiger partial charge in [0.15, 0.2) is 0 Å². The summed E-state index contributed by atoms with van der Waals surface area (Å²) in [5.74, 6) is -0.242. The molecule has 1 aromatic carbocycles. The number of ether oxygens (including phenoxy) is 2. The van der Waals surface area contributed by atoms with Crippen LogP contribution in [0.4, 0.5) is 13.2 Å². The highest BCUT2D eigenvalue weighted by Gasteiger charge is 2.55. The smallest absolute Gasteiger partial charge is 0.406 e. The number of hydrogen-bond acceptors (Lipinski definition) is 6. The van der Waals surface area contributed by atoms with Gasteiger partial charge in [-0.1, -0.05) is 12.1 Å². The molecule has 0 radical (unpaired) electrons. The Morgan fingerprint density at radius 1 is 1.21 bits per heavy atom. The number of rotatable bonds is 4. The molecule has 11 heteroatoms. The molecule has 0 saturated carbocycles. The SMILES string of the molecule is CS(=O)(=O)N1CC2COCCN2C2(CN(Cc3ccc(OC(F)(F)F)cc3)C2)C1. The van der Waals surface area contributed by atoms with Crippen molar-refractivity contribution in [3.8, 4) is 5.75 Å². The maximum atomic E-state index is 12.3. The summed E-state index contributed by atoms with van der Waals surface area (Å²) in [6.45, 7) is 4.83. The zero-order chi connectivity index (χ0) is 20.9. The third-order valence-corrected chi connectivity index (χ3v) is 7.01. The Morgan fingerprint density at radius 2 is 1.90 bits per heavy atom. The fourth-order valence-electron chi connectivity index (χ4n) is 4.64. The van der Waals surface area contributed by atoms with Crippen LogP contribution in [-0.4, -0.2) is 92.7 Å². The fraction of sp³-hybridized carbons (Fsp3) is 0.667. The third-order valence-electron chi connectivity index (χ3n) is 5.79. The number of piperazine rings is 1. The summed E-state index contributed by atoms with van der Waals surface area (Å²) in [5.41, 5.74) is 0.637. The van der Waals surface area contributed by atoms with E-state index in [-0.39, 0.29) is 17.3 Å². The number of hydrogen-bond donors (Lipinski definition) is 0. The van der Waals surface area contributed by atoms with Crippen LogP contribution >= 0.6 is 0 Å². The number of likely N-dealkylation sites (tertiary alicyclic amines) is 1. The van der Waals surface area contributed by atoms with Gasteiger partial charge in [-0.3, -0.25) is 9.80 Å². The zero-order valence-corrected chi connectivity index (χ0v) is 16.9. The number of alkyl halides is 3. The molecule has 3 aliphatic rings. The molecule has 0 bridgehead atoms. The Balaban J connectivity index is 1.41. The largest absolute Gasteiger partial charge is 0.573 e. The maximum absolute atomic E-state index is 12.3. The van der Waals surface area contributed by atoms with Crippen LogP contribution in [0.2, 0.25) is 0 Å². The van der Waals surface area contributed by atoms with Crippen LogP contribution in [0.15, 0.2) is 24.3 Å². The summed E-state index contributed by atoms with van der Waals surface area (Å²) in [6, 6.07) is 5.90. The molecule has 1 aromatic rings. The van der Waals surface area contributed by atoms with E-state index in [0.29, 0.717) is 45.9 Å². The van der Waals surface area contributed by atoms with Crippen molar-refractivity contribution in [1.82, 2.24) is 14.1 Å². The summed E-state index contributed by atoms with van der Waals surface area (Å²) in [7, 11) is -3.29. The number of fused-ring (bicyclic) bond motifs is 2. The lowest BCUT2D eigenvalue weighted by Gasteiger charge is -2.63. The molecule has 0 aliphatic carbocycles. The van der Waals surface area contributed by atoms with Crippen molar-refractivity contribution >= 4 is 10.0 Å². The van der Waals surface area contributed by atoms with Crippen molar-refractivity contribution in [2.45, 2.75) is 24.5 Å². The number of halogens is 3. The van der Waals surface area contributed by atoms with Crippen molar-refractivity contribution in [1.29, 1.82) is 0 Å². The minimum absolute atomic E-state index is 0.0492. The Morgan fingerprint density at radius 3 is 2.52 bits per heavy atom. The molecule has 7 nitrogen and oxygen atoms in total. The molecular formula is C18H24F3N3O4S. The maximum Gasteiger partial charge on any atom is 0.573 e. The van der Waals surface area contributed by atoms with Gasteiger partial charge in [0.25, 0.3) is 0 Å². The minimum Gasteiger partial charge on any atom is -0.406 e. The van der Waals surface area contributed by atoms with Gasteiger partial charge in [0.05, 0.1) is 25.0 Å². The van der Waals surface area contributed by atoms with Gasteiger partial charge in [-0.15, -0.1) is 13.2 Å². The van der Waals surface area contributed by atoms with E-state index in [1.807, 2.05) is 0 Å². The van der Waals surface area contributed by atoms with Crippen LogP contribution in [0.1, 0.15) is 5.56 Å². The number of sulfonamides is 1. The van der Waals surface area contributed by atoms with Crippen molar-refractivity contribution in [3.63, 3.8) is 0 Å². The van der Waals surface area contributed by atoms with Gasteiger partial charge in [-0.2, -0.15) is 4.31 Å². The Bertz CT molecular complexity index is 841. The molecule has 162 valence electrons. The van der Waals surface area contributed by atoms with Crippen LogP contribution in [0.5, 0.6) is 5.75 Å². The highest BCUT2D eigenvalue weighted by molar-refractivity contribution is 7.88. The molecular weight excluding hydrogens is 411 g/mol. The molecule has 0 aromatic heterocycles. The van der Waals surface area contributed by atoms with E-state index in [9.17, 15) is 21.6 Å². The number of morpholine rings is 1. The second-order valence-corrected chi connectivity index (χ2v) is 10.0. The summed E-state index contributed by atoms with van der Waals surface area (Å²) in [6.07, 6.45) is -3.46. The summed E-state index contributed by atoms with van der Waals surface area (Å²) in [5, 5.41) is 0. The topological polar surface area (TPSA) is 62.3 Å². The molecule has 0 amide bonds. The molecule has 29 heavy (non-hydrogen) atoms. The fourth-order valence-corrected chi connectivity index (χ4v) is 5.55. The van der Waals surface area contributed by atoms with E-state index in [2.05, 4.69) is 14.5 Å². The van der Waals surface area contributed by atoms with Crippen molar-refractivity contribution in [2.75, 3.05) is 52.2 Å². The van der Waals surface area contributed by atoms with E-state index in [0.717, 1.165) is 12.1 Å². The van der Waals surface area contributed by atoms with E-state index in [4.69, 9.17) is 4.74 Å². The van der Waals surface area contributed by atoms with Crippen molar-refractivity contribution in [2.24, 2.45) is 0 Å². The van der Waals surface area contributed by atoms with E-state index in [1.165, 1.54) is 18.4 Å². The lowest BCUT2D eigenvalue weighted by atomic mass is 9.83. The van der Waals surface area contributed by atoms with Crippen molar-refractivity contribution in [3.05, 3.63) is 29.8 Å². The third kappa shape index (κ3) is 4.53. The molecule has 0 N–H and O–H groups in total.